The highest BCUT2D eigenvalue weighted by Gasteiger charge is 2.21. The Kier molecular flexibility index (Phi) is 4.65. The van der Waals surface area contributed by atoms with E-state index in [9.17, 15) is 9.59 Å². The van der Waals surface area contributed by atoms with Gasteiger partial charge >= 0.3 is 5.97 Å². The first-order valence-corrected chi connectivity index (χ1v) is 6.50. The van der Waals surface area contributed by atoms with Crippen LogP contribution in [0.2, 0.25) is 0 Å². The zero-order valence-electron chi connectivity index (χ0n) is 11.7. The summed E-state index contributed by atoms with van der Waals surface area (Å²) in [5, 5.41) is 4.08. The molecule has 0 aliphatic carbocycles. The second-order valence-corrected chi connectivity index (χ2v) is 4.24. The summed E-state index contributed by atoms with van der Waals surface area (Å²) in [5.41, 5.74) is 0.967. The zero-order chi connectivity index (χ0) is 15.2. The van der Waals surface area contributed by atoms with E-state index in [4.69, 9.17) is 4.74 Å². The molecule has 0 saturated carbocycles. The van der Waals surface area contributed by atoms with Gasteiger partial charge in [0.25, 0.3) is 5.91 Å². The quantitative estimate of drug-likeness (QED) is 0.583. The molecule has 0 unspecified atom stereocenters. The summed E-state index contributed by atoms with van der Waals surface area (Å²) in [7, 11) is 0. The molecule has 0 aromatic carbocycles. The number of nitrogens with zero attached hydrogens (tertiary/aromatic N) is 4. The van der Waals surface area contributed by atoms with E-state index in [1.54, 1.807) is 36.1 Å². The van der Waals surface area contributed by atoms with Crippen LogP contribution < -0.4 is 0 Å². The highest BCUT2D eigenvalue weighted by atomic mass is 16.5. The van der Waals surface area contributed by atoms with Crippen molar-refractivity contribution in [2.75, 3.05) is 19.7 Å². The Morgan fingerprint density at radius 3 is 3.00 bits per heavy atom. The largest absolute Gasteiger partial charge is 0.465 e. The number of carbonyl (C=O) groups is 2. The molecule has 0 bridgehead atoms. The van der Waals surface area contributed by atoms with Gasteiger partial charge in [-0.2, -0.15) is 5.10 Å². The lowest BCUT2D eigenvalue weighted by Crippen LogP contribution is -2.36. The van der Waals surface area contributed by atoms with Gasteiger partial charge in [0, 0.05) is 18.9 Å². The van der Waals surface area contributed by atoms with Crippen molar-refractivity contribution in [3.63, 3.8) is 0 Å². The molecule has 0 radical (unpaired) electrons. The summed E-state index contributed by atoms with van der Waals surface area (Å²) in [6.45, 7) is 5.71. The molecule has 2 aromatic rings. The van der Waals surface area contributed by atoms with Gasteiger partial charge in [0.15, 0.2) is 0 Å². The van der Waals surface area contributed by atoms with Crippen LogP contribution in [0.25, 0.3) is 5.52 Å². The molecule has 21 heavy (non-hydrogen) atoms. The molecule has 0 spiro atoms. The molecule has 1 amide bonds. The van der Waals surface area contributed by atoms with Gasteiger partial charge in [0.05, 0.1) is 30.1 Å². The van der Waals surface area contributed by atoms with Crippen LogP contribution in [0.1, 0.15) is 17.3 Å². The number of hydrogen-bond donors (Lipinski definition) is 0. The molecular weight excluding hydrogens is 272 g/mol. The molecule has 0 fully saturated rings. The molecular formula is C14H16N4O3. The van der Waals surface area contributed by atoms with Crippen molar-refractivity contribution in [2.24, 2.45) is 0 Å². The normalized spacial score (nSPS) is 10.3. The first-order valence-electron chi connectivity index (χ1n) is 6.50. The lowest BCUT2D eigenvalue weighted by atomic mass is 10.2. The average Bonchev–Trinajstić information content (AvgIpc) is 2.90. The van der Waals surface area contributed by atoms with Crippen LogP contribution in [0.5, 0.6) is 0 Å². The Bertz CT molecular complexity index is 665. The zero-order valence-corrected chi connectivity index (χ0v) is 11.7. The lowest BCUT2D eigenvalue weighted by Gasteiger charge is -2.19. The van der Waals surface area contributed by atoms with Gasteiger partial charge in [-0.3, -0.25) is 14.6 Å². The fourth-order valence-electron chi connectivity index (χ4n) is 1.91. The van der Waals surface area contributed by atoms with E-state index in [-0.39, 0.29) is 25.6 Å². The Hall–Kier alpha value is -2.70. The van der Waals surface area contributed by atoms with Gasteiger partial charge in [-0.25, -0.2) is 4.52 Å². The summed E-state index contributed by atoms with van der Waals surface area (Å²) in [6, 6.07) is 0. The first kappa shape index (κ1) is 14.7. The number of amides is 1. The topological polar surface area (TPSA) is 76.8 Å². The smallest absolute Gasteiger partial charge is 0.325 e. The first-order chi connectivity index (χ1) is 10.2. The van der Waals surface area contributed by atoms with Gasteiger partial charge in [-0.05, 0) is 6.92 Å². The van der Waals surface area contributed by atoms with Crippen molar-refractivity contribution in [1.29, 1.82) is 0 Å². The Morgan fingerprint density at radius 2 is 2.29 bits per heavy atom. The summed E-state index contributed by atoms with van der Waals surface area (Å²) < 4.78 is 6.43. The summed E-state index contributed by atoms with van der Waals surface area (Å²) in [5.74, 6) is -0.770. The number of esters is 1. The van der Waals surface area contributed by atoms with Crippen LogP contribution in [0.4, 0.5) is 0 Å². The molecule has 0 saturated heterocycles. The fraction of sp³-hybridized carbons (Fsp3) is 0.286. The van der Waals surface area contributed by atoms with E-state index in [0.29, 0.717) is 11.1 Å². The highest BCUT2D eigenvalue weighted by Crippen LogP contribution is 2.12. The fourth-order valence-corrected chi connectivity index (χ4v) is 1.91. The summed E-state index contributed by atoms with van der Waals surface area (Å²) >= 11 is 0. The Balaban J connectivity index is 2.25. The van der Waals surface area contributed by atoms with E-state index < -0.39 is 5.97 Å². The number of rotatable bonds is 6. The van der Waals surface area contributed by atoms with Crippen molar-refractivity contribution in [1.82, 2.24) is 19.5 Å². The molecule has 2 aromatic heterocycles. The number of fused-ring (bicyclic) bond motifs is 1. The SMILES string of the molecule is C=CCN(CC(=O)OCC)C(=O)c1cnn2ccncc12. The molecule has 110 valence electrons. The van der Waals surface area contributed by atoms with E-state index in [1.807, 2.05) is 0 Å². The monoisotopic (exact) mass is 288 g/mol. The number of carbonyl (C=O) groups excluding carboxylic acids is 2. The Labute approximate surface area is 121 Å². The molecule has 2 rings (SSSR count). The maximum absolute atomic E-state index is 12.5. The predicted molar refractivity (Wildman–Crippen MR) is 75.7 cm³/mol. The molecule has 2 heterocycles. The molecule has 0 N–H and O–H groups in total. The van der Waals surface area contributed by atoms with Crippen molar-refractivity contribution in [3.8, 4) is 0 Å². The highest BCUT2D eigenvalue weighted by molar-refractivity contribution is 6.01. The molecule has 7 heteroatoms. The van der Waals surface area contributed by atoms with E-state index in [2.05, 4.69) is 16.7 Å². The van der Waals surface area contributed by atoms with Crippen LogP contribution in [0.15, 0.2) is 37.4 Å². The second-order valence-electron chi connectivity index (χ2n) is 4.24. The maximum Gasteiger partial charge on any atom is 0.325 e. The number of aromatic nitrogens is 3. The lowest BCUT2D eigenvalue weighted by molar-refractivity contribution is -0.143. The Morgan fingerprint density at radius 1 is 1.48 bits per heavy atom. The maximum atomic E-state index is 12.5. The van der Waals surface area contributed by atoms with Crippen LogP contribution in [0, 0.1) is 0 Å². The molecule has 7 nitrogen and oxygen atoms in total. The van der Waals surface area contributed by atoms with Crippen LogP contribution in [0.3, 0.4) is 0 Å². The third-order valence-electron chi connectivity index (χ3n) is 2.82. The van der Waals surface area contributed by atoms with Crippen molar-refractivity contribution in [2.45, 2.75) is 6.92 Å². The standard InChI is InChI=1S/C14H16N4O3/c1-3-6-17(10-13(19)21-4-2)14(20)11-8-16-18-7-5-15-9-12(11)18/h3,5,7-9H,1,4,6,10H2,2H3. The average molecular weight is 288 g/mol. The van der Waals surface area contributed by atoms with Gasteiger partial charge in [-0.1, -0.05) is 6.08 Å². The minimum absolute atomic E-state index is 0.129. The van der Waals surface area contributed by atoms with Gasteiger partial charge in [-0.15, -0.1) is 6.58 Å². The van der Waals surface area contributed by atoms with Crippen LogP contribution >= 0.6 is 0 Å². The minimum atomic E-state index is -0.456. The minimum Gasteiger partial charge on any atom is -0.465 e. The summed E-state index contributed by atoms with van der Waals surface area (Å²) in [6.07, 6.45) is 7.79. The predicted octanol–water partition coefficient (Wildman–Crippen LogP) is 0.921. The van der Waals surface area contributed by atoms with Crippen LogP contribution in [-0.4, -0.2) is 51.1 Å². The molecule has 0 atom stereocenters. The molecule has 0 aliphatic heterocycles. The number of ether oxygens (including phenoxy) is 1. The van der Waals surface area contributed by atoms with Crippen LogP contribution in [-0.2, 0) is 9.53 Å². The third kappa shape index (κ3) is 3.25. The second kappa shape index (κ2) is 6.65. The van der Waals surface area contributed by atoms with Crippen molar-refractivity contribution in [3.05, 3.63) is 43.0 Å². The molecule has 0 aliphatic rings. The summed E-state index contributed by atoms with van der Waals surface area (Å²) in [4.78, 5) is 29.5. The van der Waals surface area contributed by atoms with E-state index in [1.165, 1.54) is 11.1 Å². The third-order valence-corrected chi connectivity index (χ3v) is 2.82. The van der Waals surface area contributed by atoms with Gasteiger partial charge < -0.3 is 9.64 Å². The van der Waals surface area contributed by atoms with Crippen molar-refractivity contribution >= 4 is 17.4 Å². The van der Waals surface area contributed by atoms with Gasteiger partial charge in [0.2, 0.25) is 0 Å². The van der Waals surface area contributed by atoms with E-state index in [0.717, 1.165) is 0 Å². The number of hydrogen-bond acceptors (Lipinski definition) is 5. The van der Waals surface area contributed by atoms with Gasteiger partial charge in [0.1, 0.15) is 6.54 Å². The van der Waals surface area contributed by atoms with E-state index >= 15 is 0 Å². The van der Waals surface area contributed by atoms with Crippen molar-refractivity contribution < 1.29 is 14.3 Å².